The van der Waals surface area contributed by atoms with E-state index < -0.39 is 24.3 Å². The SMILES string of the molecule is COc1ccc(C(=O)COC(=O)CNC(=O)c2ccc3c(c2)OCO3)cc1OC. The Morgan fingerprint density at radius 3 is 2.41 bits per heavy atom. The molecule has 29 heavy (non-hydrogen) atoms. The Kier molecular flexibility index (Phi) is 6.18. The smallest absolute Gasteiger partial charge is 0.325 e. The van der Waals surface area contributed by atoms with Crippen molar-refractivity contribution in [2.75, 3.05) is 34.2 Å². The standard InChI is InChI=1S/C20H19NO8/c1-25-15-5-3-12(7-17(15)26-2)14(22)10-27-19(23)9-21-20(24)13-4-6-16-18(8-13)29-11-28-16/h3-8H,9-11H2,1-2H3,(H,21,24). The van der Waals surface area contributed by atoms with E-state index >= 15 is 0 Å². The maximum Gasteiger partial charge on any atom is 0.325 e. The number of esters is 1. The molecule has 0 spiro atoms. The van der Waals surface area contributed by atoms with E-state index in [0.29, 0.717) is 34.1 Å². The molecule has 1 N–H and O–H groups in total. The summed E-state index contributed by atoms with van der Waals surface area (Å²) < 4.78 is 25.6. The van der Waals surface area contributed by atoms with Crippen LogP contribution in [0, 0.1) is 0 Å². The van der Waals surface area contributed by atoms with E-state index in [1.54, 1.807) is 24.3 Å². The number of carbonyl (C=O) groups excluding carboxylic acids is 3. The summed E-state index contributed by atoms with van der Waals surface area (Å²) in [6.07, 6.45) is 0. The number of carbonyl (C=O) groups is 3. The van der Waals surface area contributed by atoms with E-state index in [-0.39, 0.29) is 13.3 Å². The van der Waals surface area contributed by atoms with Crippen LogP contribution in [0.1, 0.15) is 20.7 Å². The van der Waals surface area contributed by atoms with Gasteiger partial charge in [0.05, 0.1) is 14.2 Å². The predicted molar refractivity (Wildman–Crippen MR) is 99.7 cm³/mol. The third kappa shape index (κ3) is 4.75. The molecule has 1 amide bonds. The van der Waals surface area contributed by atoms with Gasteiger partial charge >= 0.3 is 5.97 Å². The molecular weight excluding hydrogens is 382 g/mol. The Hall–Kier alpha value is -3.75. The largest absolute Gasteiger partial charge is 0.493 e. The number of hydrogen-bond acceptors (Lipinski definition) is 8. The third-order valence-corrected chi connectivity index (χ3v) is 4.10. The number of ether oxygens (including phenoxy) is 5. The molecule has 1 aliphatic heterocycles. The van der Waals surface area contributed by atoms with Crippen LogP contribution in [-0.4, -0.2) is 51.8 Å². The van der Waals surface area contributed by atoms with Gasteiger partial charge in [0.1, 0.15) is 6.54 Å². The Labute approximate surface area is 166 Å². The molecule has 3 rings (SSSR count). The second-order valence-electron chi connectivity index (χ2n) is 5.90. The van der Waals surface area contributed by atoms with Crippen LogP contribution < -0.4 is 24.3 Å². The van der Waals surface area contributed by atoms with Gasteiger partial charge in [-0.15, -0.1) is 0 Å². The van der Waals surface area contributed by atoms with Crippen molar-refractivity contribution in [3.8, 4) is 23.0 Å². The lowest BCUT2D eigenvalue weighted by molar-refractivity contribution is -0.141. The van der Waals surface area contributed by atoms with Crippen molar-refractivity contribution < 1.29 is 38.1 Å². The van der Waals surface area contributed by atoms with Gasteiger partial charge in [0, 0.05) is 11.1 Å². The predicted octanol–water partition coefficient (Wildman–Crippen LogP) is 1.59. The van der Waals surface area contributed by atoms with Crippen LogP contribution in [0.4, 0.5) is 0 Å². The second kappa shape index (κ2) is 8.96. The minimum Gasteiger partial charge on any atom is -0.493 e. The third-order valence-electron chi connectivity index (χ3n) is 4.10. The van der Waals surface area contributed by atoms with Crippen LogP contribution in [-0.2, 0) is 9.53 Å². The van der Waals surface area contributed by atoms with E-state index in [1.165, 1.54) is 26.4 Å². The average molecular weight is 401 g/mol. The van der Waals surface area contributed by atoms with E-state index in [9.17, 15) is 14.4 Å². The number of benzene rings is 2. The molecule has 0 radical (unpaired) electrons. The van der Waals surface area contributed by atoms with E-state index in [2.05, 4.69) is 5.32 Å². The molecule has 0 aromatic heterocycles. The van der Waals surface area contributed by atoms with Crippen LogP contribution in [0.3, 0.4) is 0 Å². The lowest BCUT2D eigenvalue weighted by atomic mass is 10.1. The first-order chi connectivity index (χ1) is 14.0. The fraction of sp³-hybridized carbons (Fsp3) is 0.250. The molecule has 152 valence electrons. The summed E-state index contributed by atoms with van der Waals surface area (Å²) in [6.45, 7) is -0.748. The first-order valence-electron chi connectivity index (χ1n) is 8.60. The maximum atomic E-state index is 12.2. The first kappa shape index (κ1) is 20.0. The van der Waals surface area contributed by atoms with Crippen molar-refractivity contribution in [2.24, 2.45) is 0 Å². The van der Waals surface area contributed by atoms with E-state index in [4.69, 9.17) is 23.7 Å². The van der Waals surface area contributed by atoms with E-state index in [0.717, 1.165) is 0 Å². The molecule has 1 aliphatic rings. The summed E-state index contributed by atoms with van der Waals surface area (Å²) >= 11 is 0. The Morgan fingerprint density at radius 2 is 1.66 bits per heavy atom. The summed E-state index contributed by atoms with van der Waals surface area (Å²) in [5.41, 5.74) is 0.614. The fourth-order valence-corrected chi connectivity index (χ4v) is 2.58. The number of methoxy groups -OCH3 is 2. The molecule has 2 aromatic carbocycles. The number of fused-ring (bicyclic) bond motifs is 1. The summed E-state index contributed by atoms with van der Waals surface area (Å²) in [5, 5.41) is 2.43. The van der Waals surface area contributed by atoms with Gasteiger partial charge in [0.2, 0.25) is 6.79 Å². The van der Waals surface area contributed by atoms with Crippen molar-refractivity contribution >= 4 is 17.7 Å². The summed E-state index contributed by atoms with van der Waals surface area (Å²) in [5.74, 6) is 0.240. The monoisotopic (exact) mass is 401 g/mol. The van der Waals surface area contributed by atoms with Crippen molar-refractivity contribution in [2.45, 2.75) is 0 Å². The Bertz CT molecular complexity index is 940. The highest BCUT2D eigenvalue weighted by Gasteiger charge is 2.17. The molecule has 0 saturated heterocycles. The van der Waals surface area contributed by atoms with Crippen molar-refractivity contribution in [1.29, 1.82) is 0 Å². The van der Waals surface area contributed by atoms with Crippen molar-refractivity contribution in [3.63, 3.8) is 0 Å². The molecule has 0 unspecified atom stereocenters. The highest BCUT2D eigenvalue weighted by atomic mass is 16.7. The molecule has 9 heteroatoms. The second-order valence-corrected chi connectivity index (χ2v) is 5.90. The van der Waals surface area contributed by atoms with Gasteiger partial charge in [-0.3, -0.25) is 14.4 Å². The average Bonchev–Trinajstić information content (AvgIpc) is 3.23. The van der Waals surface area contributed by atoms with Gasteiger partial charge in [-0.25, -0.2) is 0 Å². The maximum absolute atomic E-state index is 12.2. The molecular formula is C20H19NO8. The van der Waals surface area contributed by atoms with Crippen LogP contribution in [0.25, 0.3) is 0 Å². The molecule has 0 aliphatic carbocycles. The van der Waals surface area contributed by atoms with Crippen LogP contribution in [0.2, 0.25) is 0 Å². The topological polar surface area (TPSA) is 109 Å². The summed E-state index contributed by atoms with van der Waals surface area (Å²) in [7, 11) is 2.94. The lowest BCUT2D eigenvalue weighted by Gasteiger charge is -2.10. The summed E-state index contributed by atoms with van der Waals surface area (Å²) in [6, 6.07) is 9.30. The minimum atomic E-state index is -0.743. The highest BCUT2D eigenvalue weighted by Crippen LogP contribution is 2.32. The summed E-state index contributed by atoms with van der Waals surface area (Å²) in [4.78, 5) is 36.2. The zero-order valence-corrected chi connectivity index (χ0v) is 15.9. The number of amides is 1. The normalized spacial score (nSPS) is 11.5. The number of ketones is 1. The molecule has 1 heterocycles. The van der Waals surface area contributed by atoms with Crippen LogP contribution in [0.5, 0.6) is 23.0 Å². The molecule has 0 fully saturated rings. The number of hydrogen-bond donors (Lipinski definition) is 1. The number of Topliss-reactive ketones (excluding diaryl/α,β-unsaturated/α-hetero) is 1. The van der Waals surface area contributed by atoms with Crippen LogP contribution >= 0.6 is 0 Å². The number of nitrogens with one attached hydrogen (secondary N) is 1. The molecule has 0 bridgehead atoms. The van der Waals surface area contributed by atoms with Crippen molar-refractivity contribution in [3.05, 3.63) is 47.5 Å². The Morgan fingerprint density at radius 1 is 0.931 bits per heavy atom. The fourth-order valence-electron chi connectivity index (χ4n) is 2.58. The molecule has 0 saturated carbocycles. The van der Waals surface area contributed by atoms with Gasteiger partial charge in [-0.1, -0.05) is 0 Å². The zero-order chi connectivity index (χ0) is 20.8. The van der Waals surface area contributed by atoms with Gasteiger partial charge in [0.25, 0.3) is 5.91 Å². The zero-order valence-electron chi connectivity index (χ0n) is 15.9. The minimum absolute atomic E-state index is 0.0980. The molecule has 2 aromatic rings. The quantitative estimate of drug-likeness (QED) is 0.525. The van der Waals surface area contributed by atoms with Gasteiger partial charge < -0.3 is 29.0 Å². The van der Waals surface area contributed by atoms with Gasteiger partial charge in [-0.05, 0) is 36.4 Å². The van der Waals surface area contributed by atoms with Crippen LogP contribution in [0.15, 0.2) is 36.4 Å². The molecule has 9 nitrogen and oxygen atoms in total. The van der Waals surface area contributed by atoms with Crippen molar-refractivity contribution in [1.82, 2.24) is 5.32 Å². The van der Waals surface area contributed by atoms with Gasteiger partial charge in [0.15, 0.2) is 35.4 Å². The Balaban J connectivity index is 1.48. The van der Waals surface area contributed by atoms with E-state index in [1.807, 2.05) is 0 Å². The molecule has 0 atom stereocenters. The first-order valence-corrected chi connectivity index (χ1v) is 8.60. The number of rotatable bonds is 8. The lowest BCUT2D eigenvalue weighted by Crippen LogP contribution is -2.31. The van der Waals surface area contributed by atoms with Gasteiger partial charge in [-0.2, -0.15) is 0 Å². The highest BCUT2D eigenvalue weighted by molar-refractivity contribution is 5.99.